The van der Waals surface area contributed by atoms with Crippen molar-refractivity contribution in [2.45, 2.75) is 39.5 Å². The third-order valence-electron chi connectivity index (χ3n) is 2.61. The monoisotopic (exact) mass is 343 g/mol. The molecule has 0 saturated heterocycles. The van der Waals surface area contributed by atoms with E-state index in [-0.39, 0.29) is 6.54 Å². The first-order valence-electron chi connectivity index (χ1n) is 7.11. The lowest BCUT2D eigenvalue weighted by Gasteiger charge is -2.19. The standard InChI is InChI=1S/C16H20F3N3O2/c1-10(7-22-14(23)24-15(3,4)5)6-11(2)12-8-20-13(21-9-12)16(17,18)19/h6,8-9H,2,7H2,1,3-5H3,(H,22,23)/b10-6+. The van der Waals surface area contributed by atoms with Crippen molar-refractivity contribution in [2.24, 2.45) is 0 Å². The molecule has 0 aromatic carbocycles. The summed E-state index contributed by atoms with van der Waals surface area (Å²) in [6.07, 6.45) is -1.39. The Bertz CT molecular complexity index is 629. The number of carbonyl (C=O) groups excluding carboxylic acids is 1. The van der Waals surface area contributed by atoms with Gasteiger partial charge in [0.15, 0.2) is 0 Å². The first kappa shape index (κ1) is 19.7. The predicted molar refractivity (Wildman–Crippen MR) is 84.1 cm³/mol. The third-order valence-corrected chi connectivity index (χ3v) is 2.61. The Morgan fingerprint density at radius 3 is 2.29 bits per heavy atom. The lowest BCUT2D eigenvalue weighted by molar-refractivity contribution is -0.145. The molecule has 0 spiro atoms. The van der Waals surface area contributed by atoms with Crippen LogP contribution in [0.15, 0.2) is 30.6 Å². The highest BCUT2D eigenvalue weighted by Crippen LogP contribution is 2.26. The molecule has 0 aliphatic carbocycles. The Balaban J connectivity index is 2.65. The van der Waals surface area contributed by atoms with E-state index in [2.05, 4.69) is 21.9 Å². The van der Waals surface area contributed by atoms with Gasteiger partial charge in [-0.2, -0.15) is 13.2 Å². The number of halogens is 3. The molecule has 1 amide bonds. The van der Waals surface area contributed by atoms with Crippen LogP contribution in [0, 0.1) is 0 Å². The van der Waals surface area contributed by atoms with Crippen molar-refractivity contribution < 1.29 is 22.7 Å². The topological polar surface area (TPSA) is 64.1 Å². The van der Waals surface area contributed by atoms with E-state index in [4.69, 9.17) is 4.74 Å². The second-order valence-corrected chi connectivity index (χ2v) is 6.16. The number of aromatic nitrogens is 2. The summed E-state index contributed by atoms with van der Waals surface area (Å²) >= 11 is 0. The van der Waals surface area contributed by atoms with Crippen LogP contribution in [0.3, 0.4) is 0 Å². The quantitative estimate of drug-likeness (QED) is 0.840. The zero-order valence-corrected chi connectivity index (χ0v) is 14.0. The number of hydrogen-bond donors (Lipinski definition) is 1. The van der Waals surface area contributed by atoms with E-state index in [1.165, 1.54) is 0 Å². The second kappa shape index (κ2) is 7.46. The molecule has 0 bridgehead atoms. The highest BCUT2D eigenvalue weighted by molar-refractivity contribution is 5.72. The fourth-order valence-corrected chi connectivity index (χ4v) is 1.60. The lowest BCUT2D eigenvalue weighted by atomic mass is 10.1. The molecule has 132 valence electrons. The van der Waals surface area contributed by atoms with E-state index >= 15 is 0 Å². The summed E-state index contributed by atoms with van der Waals surface area (Å²) in [5.41, 5.74) is 0.945. The minimum atomic E-state index is -4.58. The predicted octanol–water partition coefficient (Wildman–Crippen LogP) is 3.98. The van der Waals surface area contributed by atoms with Crippen LogP contribution in [-0.4, -0.2) is 28.2 Å². The van der Waals surface area contributed by atoms with E-state index in [0.717, 1.165) is 18.0 Å². The summed E-state index contributed by atoms with van der Waals surface area (Å²) in [5.74, 6) is -1.20. The average Bonchev–Trinajstić information content (AvgIpc) is 2.42. The third kappa shape index (κ3) is 6.80. The molecule has 1 N–H and O–H groups in total. The van der Waals surface area contributed by atoms with Crippen molar-refractivity contribution in [2.75, 3.05) is 6.54 Å². The van der Waals surface area contributed by atoms with Crippen molar-refractivity contribution in [3.05, 3.63) is 42.0 Å². The highest BCUT2D eigenvalue weighted by Gasteiger charge is 2.34. The van der Waals surface area contributed by atoms with Gasteiger partial charge in [-0.25, -0.2) is 14.8 Å². The van der Waals surface area contributed by atoms with Crippen LogP contribution in [0.5, 0.6) is 0 Å². The van der Waals surface area contributed by atoms with Gasteiger partial charge in [-0.15, -0.1) is 0 Å². The van der Waals surface area contributed by atoms with Crippen molar-refractivity contribution in [3.8, 4) is 0 Å². The van der Waals surface area contributed by atoms with Gasteiger partial charge in [-0.1, -0.05) is 18.2 Å². The molecule has 0 radical (unpaired) electrons. The maximum absolute atomic E-state index is 12.4. The molecule has 0 saturated carbocycles. The molecule has 1 aromatic heterocycles. The fourth-order valence-electron chi connectivity index (χ4n) is 1.60. The van der Waals surface area contributed by atoms with E-state index < -0.39 is 23.7 Å². The van der Waals surface area contributed by atoms with Gasteiger partial charge in [0.2, 0.25) is 5.82 Å². The number of nitrogens with zero attached hydrogens (tertiary/aromatic N) is 2. The van der Waals surface area contributed by atoms with Crippen molar-refractivity contribution in [1.29, 1.82) is 0 Å². The molecule has 5 nitrogen and oxygen atoms in total. The lowest BCUT2D eigenvalue weighted by Crippen LogP contribution is -2.33. The molecule has 1 heterocycles. The van der Waals surface area contributed by atoms with Crippen molar-refractivity contribution in [1.82, 2.24) is 15.3 Å². The zero-order valence-electron chi connectivity index (χ0n) is 14.0. The summed E-state index contributed by atoms with van der Waals surface area (Å²) in [6.45, 7) is 11.0. The van der Waals surface area contributed by atoms with Gasteiger partial charge in [0, 0.05) is 24.5 Å². The Kier molecular flexibility index (Phi) is 6.11. The van der Waals surface area contributed by atoms with Gasteiger partial charge >= 0.3 is 12.3 Å². The summed E-state index contributed by atoms with van der Waals surface area (Å²) in [6, 6.07) is 0. The normalized spacial score (nSPS) is 12.7. The van der Waals surface area contributed by atoms with Crippen LogP contribution in [0.4, 0.5) is 18.0 Å². The minimum absolute atomic E-state index is 0.218. The number of carbonyl (C=O) groups is 1. The number of allylic oxidation sites excluding steroid dienone is 2. The number of rotatable bonds is 4. The summed E-state index contributed by atoms with van der Waals surface area (Å²) in [5, 5.41) is 2.57. The van der Waals surface area contributed by atoms with Gasteiger partial charge in [0.05, 0.1) is 0 Å². The first-order valence-corrected chi connectivity index (χ1v) is 7.11. The highest BCUT2D eigenvalue weighted by atomic mass is 19.4. The van der Waals surface area contributed by atoms with Crippen molar-refractivity contribution in [3.63, 3.8) is 0 Å². The van der Waals surface area contributed by atoms with E-state index in [1.807, 2.05) is 0 Å². The van der Waals surface area contributed by atoms with Gasteiger partial charge in [-0.3, -0.25) is 0 Å². The summed E-state index contributed by atoms with van der Waals surface area (Å²) in [4.78, 5) is 18.1. The van der Waals surface area contributed by atoms with Gasteiger partial charge < -0.3 is 10.1 Å². The Labute approximate surface area is 138 Å². The van der Waals surface area contributed by atoms with E-state index in [9.17, 15) is 18.0 Å². The average molecular weight is 343 g/mol. The smallest absolute Gasteiger partial charge is 0.444 e. The van der Waals surface area contributed by atoms with Gasteiger partial charge in [0.1, 0.15) is 5.60 Å². The number of alkyl halides is 3. The van der Waals surface area contributed by atoms with Gasteiger partial charge in [-0.05, 0) is 33.3 Å². The van der Waals surface area contributed by atoms with Crippen LogP contribution in [0.25, 0.3) is 5.57 Å². The number of ether oxygens (including phenoxy) is 1. The van der Waals surface area contributed by atoms with Crippen LogP contribution in [0.1, 0.15) is 39.1 Å². The van der Waals surface area contributed by atoms with Crippen molar-refractivity contribution >= 4 is 11.7 Å². The largest absolute Gasteiger partial charge is 0.451 e. The molecular formula is C16H20F3N3O2. The van der Waals surface area contributed by atoms with Crippen LogP contribution >= 0.6 is 0 Å². The minimum Gasteiger partial charge on any atom is -0.444 e. The number of nitrogens with one attached hydrogen (secondary N) is 1. The molecular weight excluding hydrogens is 323 g/mol. The summed E-state index contributed by atoms with van der Waals surface area (Å²) < 4.78 is 42.3. The Morgan fingerprint density at radius 1 is 1.29 bits per heavy atom. The molecule has 8 heteroatoms. The molecule has 0 unspecified atom stereocenters. The molecule has 1 rings (SSSR count). The maximum Gasteiger partial charge on any atom is 0.451 e. The second-order valence-electron chi connectivity index (χ2n) is 6.16. The molecule has 0 fully saturated rings. The van der Waals surface area contributed by atoms with Crippen LogP contribution in [-0.2, 0) is 10.9 Å². The Morgan fingerprint density at radius 2 is 1.83 bits per heavy atom. The molecule has 0 atom stereocenters. The molecule has 1 aromatic rings. The summed E-state index contributed by atoms with van der Waals surface area (Å²) in [7, 11) is 0. The van der Waals surface area contributed by atoms with Crippen LogP contribution in [0.2, 0.25) is 0 Å². The Hall–Kier alpha value is -2.38. The fraction of sp³-hybridized carbons (Fsp3) is 0.438. The van der Waals surface area contributed by atoms with E-state index in [1.54, 1.807) is 33.8 Å². The zero-order chi connectivity index (χ0) is 18.5. The van der Waals surface area contributed by atoms with Gasteiger partial charge in [0.25, 0.3) is 0 Å². The number of alkyl carbamates (subject to hydrolysis) is 1. The van der Waals surface area contributed by atoms with Crippen LogP contribution < -0.4 is 5.32 Å². The number of amides is 1. The first-order chi connectivity index (χ1) is 10.9. The number of hydrogen-bond acceptors (Lipinski definition) is 4. The SMILES string of the molecule is C=C(/C=C(\C)CNC(=O)OC(C)(C)C)c1cnc(C(F)(F)F)nc1. The molecule has 0 aliphatic heterocycles. The van der Waals surface area contributed by atoms with E-state index in [0.29, 0.717) is 11.1 Å². The maximum atomic E-state index is 12.4. The molecule has 0 aliphatic rings. The molecule has 24 heavy (non-hydrogen) atoms.